The SMILES string of the molecule is CC(C)NCc1ccc(Cn2cccn2)cc1. The van der Waals surface area contributed by atoms with Gasteiger partial charge in [-0.15, -0.1) is 0 Å². The maximum absolute atomic E-state index is 4.20. The summed E-state index contributed by atoms with van der Waals surface area (Å²) in [6.45, 7) is 6.09. The second-order valence-corrected chi connectivity index (χ2v) is 4.56. The van der Waals surface area contributed by atoms with E-state index in [2.05, 4.69) is 48.5 Å². The number of nitrogens with zero attached hydrogens (tertiary/aromatic N) is 2. The fourth-order valence-corrected chi connectivity index (χ4v) is 1.67. The Labute approximate surface area is 102 Å². The molecule has 90 valence electrons. The lowest BCUT2D eigenvalue weighted by atomic mass is 10.1. The Morgan fingerprint density at radius 1 is 1.18 bits per heavy atom. The maximum Gasteiger partial charge on any atom is 0.0659 e. The molecule has 1 aromatic heterocycles. The molecule has 0 amide bonds. The van der Waals surface area contributed by atoms with Crippen molar-refractivity contribution in [2.24, 2.45) is 0 Å². The molecular formula is C14H19N3. The molecule has 0 radical (unpaired) electrons. The van der Waals surface area contributed by atoms with Crippen LogP contribution < -0.4 is 5.32 Å². The number of benzene rings is 1. The fraction of sp³-hybridized carbons (Fsp3) is 0.357. The van der Waals surface area contributed by atoms with E-state index in [0.29, 0.717) is 6.04 Å². The average Bonchev–Trinajstić information content (AvgIpc) is 2.81. The molecular weight excluding hydrogens is 210 g/mol. The highest BCUT2D eigenvalue weighted by Gasteiger charge is 1.97. The van der Waals surface area contributed by atoms with Gasteiger partial charge in [-0.3, -0.25) is 4.68 Å². The zero-order valence-corrected chi connectivity index (χ0v) is 10.4. The maximum atomic E-state index is 4.20. The predicted molar refractivity (Wildman–Crippen MR) is 69.7 cm³/mol. The van der Waals surface area contributed by atoms with Crippen LogP contribution in [-0.2, 0) is 13.1 Å². The van der Waals surface area contributed by atoms with Crippen molar-refractivity contribution in [3.8, 4) is 0 Å². The van der Waals surface area contributed by atoms with Crippen LogP contribution in [0.25, 0.3) is 0 Å². The third kappa shape index (κ3) is 3.71. The molecule has 2 aromatic rings. The van der Waals surface area contributed by atoms with Crippen molar-refractivity contribution < 1.29 is 0 Å². The van der Waals surface area contributed by atoms with Gasteiger partial charge in [-0.2, -0.15) is 5.10 Å². The summed E-state index contributed by atoms with van der Waals surface area (Å²) in [6, 6.07) is 11.2. The summed E-state index contributed by atoms with van der Waals surface area (Å²) in [5.74, 6) is 0. The summed E-state index contributed by atoms with van der Waals surface area (Å²) in [7, 11) is 0. The highest BCUT2D eigenvalue weighted by molar-refractivity contribution is 5.22. The van der Waals surface area contributed by atoms with Gasteiger partial charge in [-0.25, -0.2) is 0 Å². The second-order valence-electron chi connectivity index (χ2n) is 4.56. The summed E-state index contributed by atoms with van der Waals surface area (Å²) in [4.78, 5) is 0. The first-order chi connectivity index (χ1) is 8.24. The van der Waals surface area contributed by atoms with Crippen molar-refractivity contribution in [3.63, 3.8) is 0 Å². The molecule has 1 heterocycles. The molecule has 0 spiro atoms. The van der Waals surface area contributed by atoms with Gasteiger partial charge in [0, 0.05) is 25.0 Å². The number of rotatable bonds is 5. The van der Waals surface area contributed by atoms with Gasteiger partial charge >= 0.3 is 0 Å². The van der Waals surface area contributed by atoms with Crippen LogP contribution in [0.15, 0.2) is 42.7 Å². The van der Waals surface area contributed by atoms with Crippen molar-refractivity contribution in [2.45, 2.75) is 33.0 Å². The molecule has 0 saturated carbocycles. The number of hydrogen-bond acceptors (Lipinski definition) is 2. The van der Waals surface area contributed by atoms with E-state index in [4.69, 9.17) is 0 Å². The van der Waals surface area contributed by atoms with Gasteiger partial charge < -0.3 is 5.32 Å². The molecule has 0 fully saturated rings. The molecule has 0 bridgehead atoms. The molecule has 0 saturated heterocycles. The zero-order valence-electron chi connectivity index (χ0n) is 10.4. The van der Waals surface area contributed by atoms with Gasteiger partial charge in [0.25, 0.3) is 0 Å². The van der Waals surface area contributed by atoms with E-state index in [-0.39, 0.29) is 0 Å². The second kappa shape index (κ2) is 5.64. The van der Waals surface area contributed by atoms with Crippen LogP contribution in [0.4, 0.5) is 0 Å². The molecule has 2 rings (SSSR count). The molecule has 3 heteroatoms. The normalized spacial score (nSPS) is 11.0. The molecule has 0 atom stereocenters. The first-order valence-corrected chi connectivity index (χ1v) is 6.02. The number of aromatic nitrogens is 2. The largest absolute Gasteiger partial charge is 0.310 e. The van der Waals surface area contributed by atoms with Crippen LogP contribution in [0.3, 0.4) is 0 Å². The zero-order chi connectivity index (χ0) is 12.1. The summed E-state index contributed by atoms with van der Waals surface area (Å²) in [5.41, 5.74) is 2.60. The van der Waals surface area contributed by atoms with Crippen molar-refractivity contribution in [1.82, 2.24) is 15.1 Å². The van der Waals surface area contributed by atoms with E-state index in [1.165, 1.54) is 11.1 Å². The number of nitrogens with one attached hydrogen (secondary N) is 1. The van der Waals surface area contributed by atoms with E-state index in [0.717, 1.165) is 13.1 Å². The van der Waals surface area contributed by atoms with Crippen LogP contribution in [0.5, 0.6) is 0 Å². The molecule has 1 aromatic carbocycles. The molecule has 0 aliphatic rings. The molecule has 3 nitrogen and oxygen atoms in total. The van der Waals surface area contributed by atoms with Crippen molar-refractivity contribution >= 4 is 0 Å². The highest BCUT2D eigenvalue weighted by Crippen LogP contribution is 2.06. The summed E-state index contributed by atoms with van der Waals surface area (Å²) in [6.07, 6.45) is 3.79. The predicted octanol–water partition coefficient (Wildman–Crippen LogP) is 2.43. The lowest BCUT2D eigenvalue weighted by Crippen LogP contribution is -2.21. The minimum absolute atomic E-state index is 0.527. The third-order valence-corrected chi connectivity index (χ3v) is 2.64. The van der Waals surface area contributed by atoms with Gasteiger partial charge in [0.15, 0.2) is 0 Å². The Bertz CT molecular complexity index is 429. The quantitative estimate of drug-likeness (QED) is 0.853. The first kappa shape index (κ1) is 11.9. The van der Waals surface area contributed by atoms with Gasteiger partial charge in [0.2, 0.25) is 0 Å². The van der Waals surface area contributed by atoms with Crippen molar-refractivity contribution in [1.29, 1.82) is 0 Å². The molecule has 0 unspecified atom stereocenters. The van der Waals surface area contributed by atoms with Crippen molar-refractivity contribution in [3.05, 3.63) is 53.9 Å². The summed E-state index contributed by atoms with van der Waals surface area (Å²) in [5, 5.41) is 7.61. The van der Waals surface area contributed by atoms with E-state index < -0.39 is 0 Å². The van der Waals surface area contributed by atoms with E-state index in [1.807, 2.05) is 16.9 Å². The lowest BCUT2D eigenvalue weighted by Gasteiger charge is -2.08. The molecule has 1 N–H and O–H groups in total. The van der Waals surface area contributed by atoms with E-state index in [1.54, 1.807) is 6.20 Å². The topological polar surface area (TPSA) is 29.9 Å². The average molecular weight is 229 g/mol. The molecule has 0 aliphatic heterocycles. The Kier molecular flexibility index (Phi) is 3.94. The smallest absolute Gasteiger partial charge is 0.0659 e. The Morgan fingerprint density at radius 3 is 2.47 bits per heavy atom. The standard InChI is InChI=1S/C14H19N3/c1-12(2)15-10-13-4-6-14(7-5-13)11-17-9-3-8-16-17/h3-9,12,15H,10-11H2,1-2H3. The van der Waals surface area contributed by atoms with Gasteiger partial charge in [-0.1, -0.05) is 38.1 Å². The van der Waals surface area contributed by atoms with Gasteiger partial charge in [-0.05, 0) is 17.2 Å². The van der Waals surface area contributed by atoms with Gasteiger partial charge in [0.1, 0.15) is 0 Å². The Hall–Kier alpha value is -1.61. The van der Waals surface area contributed by atoms with E-state index in [9.17, 15) is 0 Å². The fourth-order valence-electron chi connectivity index (χ4n) is 1.67. The van der Waals surface area contributed by atoms with E-state index >= 15 is 0 Å². The van der Waals surface area contributed by atoms with Crippen LogP contribution in [0.2, 0.25) is 0 Å². The van der Waals surface area contributed by atoms with Crippen LogP contribution in [0.1, 0.15) is 25.0 Å². The molecule has 0 aliphatic carbocycles. The van der Waals surface area contributed by atoms with Gasteiger partial charge in [0.05, 0.1) is 6.54 Å². The Morgan fingerprint density at radius 2 is 1.88 bits per heavy atom. The number of hydrogen-bond donors (Lipinski definition) is 1. The summed E-state index contributed by atoms with van der Waals surface area (Å²) >= 11 is 0. The van der Waals surface area contributed by atoms with Crippen LogP contribution in [0, 0.1) is 0 Å². The van der Waals surface area contributed by atoms with Crippen LogP contribution in [-0.4, -0.2) is 15.8 Å². The summed E-state index contributed by atoms with van der Waals surface area (Å²) < 4.78 is 1.93. The first-order valence-electron chi connectivity index (χ1n) is 6.02. The Balaban J connectivity index is 1.93. The van der Waals surface area contributed by atoms with Crippen molar-refractivity contribution in [2.75, 3.05) is 0 Å². The monoisotopic (exact) mass is 229 g/mol. The lowest BCUT2D eigenvalue weighted by molar-refractivity contribution is 0.588. The van der Waals surface area contributed by atoms with Crippen LogP contribution >= 0.6 is 0 Å². The third-order valence-electron chi connectivity index (χ3n) is 2.64. The molecule has 17 heavy (non-hydrogen) atoms. The highest BCUT2D eigenvalue weighted by atomic mass is 15.3. The minimum Gasteiger partial charge on any atom is -0.310 e. The minimum atomic E-state index is 0.527.